The van der Waals surface area contributed by atoms with E-state index in [1.807, 2.05) is 24.3 Å². The number of benzene rings is 2. The summed E-state index contributed by atoms with van der Waals surface area (Å²) >= 11 is 0. The molecule has 1 aliphatic rings. The van der Waals surface area contributed by atoms with Gasteiger partial charge in [0, 0.05) is 9.79 Å². The molecule has 0 unspecified atom stereocenters. The molecule has 0 fully saturated rings. The lowest BCUT2D eigenvalue weighted by atomic mass is 10.0. The lowest BCUT2D eigenvalue weighted by Gasteiger charge is -2.39. The standard InChI is InChI=1S/C15H16O2S/c1-18(2)14-8-12(16)5-3-10(14)7-11-4-6-13(17)9-15(11)18/h3-6,8-9,16-17H,7H2,1-2H3. The molecule has 0 radical (unpaired) electrons. The Kier molecular flexibility index (Phi) is 2.35. The van der Waals surface area contributed by atoms with Crippen LogP contribution < -0.4 is 0 Å². The van der Waals surface area contributed by atoms with Crippen molar-refractivity contribution in [3.8, 4) is 11.5 Å². The summed E-state index contributed by atoms with van der Waals surface area (Å²) in [4.78, 5) is 2.45. The largest absolute Gasteiger partial charge is 0.508 e. The van der Waals surface area contributed by atoms with Gasteiger partial charge in [-0.05, 0) is 54.3 Å². The molecule has 1 heterocycles. The Labute approximate surface area is 108 Å². The van der Waals surface area contributed by atoms with Gasteiger partial charge in [-0.15, -0.1) is 0 Å². The van der Waals surface area contributed by atoms with Crippen molar-refractivity contribution in [2.45, 2.75) is 16.2 Å². The van der Waals surface area contributed by atoms with Crippen LogP contribution in [-0.4, -0.2) is 22.7 Å². The van der Waals surface area contributed by atoms with E-state index >= 15 is 0 Å². The van der Waals surface area contributed by atoms with Gasteiger partial charge in [0.05, 0.1) is 0 Å². The molecular weight excluding hydrogens is 244 g/mol. The van der Waals surface area contributed by atoms with E-state index in [1.165, 1.54) is 20.9 Å². The molecule has 3 heteroatoms. The summed E-state index contributed by atoms with van der Waals surface area (Å²) in [7, 11) is -1.17. The Bertz CT molecular complexity index is 579. The highest BCUT2D eigenvalue weighted by molar-refractivity contribution is 8.32. The molecule has 1 aliphatic heterocycles. The highest BCUT2D eigenvalue weighted by Crippen LogP contribution is 2.62. The third-order valence-corrected chi connectivity index (χ3v) is 6.54. The van der Waals surface area contributed by atoms with Gasteiger partial charge < -0.3 is 10.2 Å². The summed E-state index contributed by atoms with van der Waals surface area (Å²) in [5.41, 5.74) is 2.57. The highest BCUT2D eigenvalue weighted by atomic mass is 32.3. The monoisotopic (exact) mass is 260 g/mol. The predicted molar refractivity (Wildman–Crippen MR) is 75.0 cm³/mol. The van der Waals surface area contributed by atoms with Gasteiger partial charge in [-0.1, -0.05) is 12.1 Å². The fourth-order valence-corrected chi connectivity index (χ4v) is 5.31. The zero-order chi connectivity index (χ0) is 12.9. The summed E-state index contributed by atoms with van der Waals surface area (Å²) < 4.78 is 0. The maximum atomic E-state index is 9.69. The Morgan fingerprint density at radius 1 is 0.833 bits per heavy atom. The van der Waals surface area contributed by atoms with E-state index in [4.69, 9.17) is 0 Å². The SMILES string of the molecule is CS1(C)c2cc(O)ccc2Cc2ccc(O)cc21. The molecule has 3 rings (SSSR count). The first-order valence-electron chi connectivity index (χ1n) is 5.86. The fraction of sp³-hybridized carbons (Fsp3) is 0.200. The second-order valence-electron chi connectivity index (χ2n) is 5.09. The summed E-state index contributed by atoms with van der Waals surface area (Å²) in [6, 6.07) is 11.3. The number of fused-ring (bicyclic) bond motifs is 2. The molecule has 0 aliphatic carbocycles. The van der Waals surface area contributed by atoms with Gasteiger partial charge in [-0.3, -0.25) is 0 Å². The Morgan fingerprint density at radius 2 is 1.28 bits per heavy atom. The molecule has 0 saturated heterocycles. The second kappa shape index (κ2) is 3.69. The lowest BCUT2D eigenvalue weighted by molar-refractivity contribution is 0.473. The van der Waals surface area contributed by atoms with E-state index < -0.39 is 10.0 Å². The predicted octanol–water partition coefficient (Wildman–Crippen LogP) is 3.48. The summed E-state index contributed by atoms with van der Waals surface area (Å²) in [5.74, 6) is 0.635. The molecule has 0 spiro atoms. The minimum Gasteiger partial charge on any atom is -0.508 e. The van der Waals surface area contributed by atoms with E-state index in [0.29, 0.717) is 11.5 Å². The third kappa shape index (κ3) is 1.58. The smallest absolute Gasteiger partial charge is 0.116 e. The van der Waals surface area contributed by atoms with Gasteiger partial charge in [0.2, 0.25) is 0 Å². The van der Waals surface area contributed by atoms with E-state index in [2.05, 4.69) is 12.5 Å². The number of aromatic hydroxyl groups is 2. The zero-order valence-corrected chi connectivity index (χ0v) is 11.3. The topological polar surface area (TPSA) is 40.5 Å². The van der Waals surface area contributed by atoms with Crippen LogP contribution in [0.25, 0.3) is 0 Å². The van der Waals surface area contributed by atoms with Crippen LogP contribution in [0.2, 0.25) is 0 Å². The van der Waals surface area contributed by atoms with Gasteiger partial charge in [-0.25, -0.2) is 0 Å². The van der Waals surface area contributed by atoms with Crippen molar-refractivity contribution < 1.29 is 10.2 Å². The molecule has 0 bridgehead atoms. The average molecular weight is 260 g/mol. The van der Waals surface area contributed by atoms with E-state index in [0.717, 1.165) is 6.42 Å². The van der Waals surface area contributed by atoms with Crippen LogP contribution in [0, 0.1) is 0 Å². The number of phenols is 2. The van der Waals surface area contributed by atoms with E-state index in [9.17, 15) is 10.2 Å². The minimum absolute atomic E-state index is 0.318. The van der Waals surface area contributed by atoms with Crippen molar-refractivity contribution >= 4 is 10.0 Å². The fourth-order valence-electron chi connectivity index (χ4n) is 2.65. The van der Waals surface area contributed by atoms with Crippen molar-refractivity contribution in [1.29, 1.82) is 0 Å². The highest BCUT2D eigenvalue weighted by Gasteiger charge is 2.28. The van der Waals surface area contributed by atoms with Crippen molar-refractivity contribution in [2.75, 3.05) is 12.5 Å². The Balaban J connectivity index is 2.27. The van der Waals surface area contributed by atoms with E-state index in [1.54, 1.807) is 12.1 Å². The van der Waals surface area contributed by atoms with Crippen LogP contribution in [0.1, 0.15) is 11.1 Å². The summed E-state index contributed by atoms with van der Waals surface area (Å²) in [6.45, 7) is 0. The minimum atomic E-state index is -1.17. The molecule has 0 saturated carbocycles. The molecule has 2 nitrogen and oxygen atoms in total. The Morgan fingerprint density at radius 3 is 1.72 bits per heavy atom. The molecule has 2 aromatic rings. The van der Waals surface area contributed by atoms with Gasteiger partial charge >= 0.3 is 0 Å². The molecule has 0 amide bonds. The van der Waals surface area contributed by atoms with Crippen molar-refractivity contribution in [1.82, 2.24) is 0 Å². The average Bonchev–Trinajstić information content (AvgIpc) is 2.32. The number of hydrogen-bond acceptors (Lipinski definition) is 2. The summed E-state index contributed by atoms with van der Waals surface area (Å²) in [6.07, 6.45) is 5.30. The van der Waals surface area contributed by atoms with Gasteiger partial charge in [0.15, 0.2) is 0 Å². The van der Waals surface area contributed by atoms with Crippen LogP contribution >= 0.6 is 10.0 Å². The molecule has 2 N–H and O–H groups in total. The summed E-state index contributed by atoms with van der Waals surface area (Å²) in [5, 5.41) is 19.4. The molecular formula is C15H16O2S. The molecule has 94 valence electrons. The van der Waals surface area contributed by atoms with Gasteiger partial charge in [-0.2, -0.15) is 10.0 Å². The quantitative estimate of drug-likeness (QED) is 0.761. The first kappa shape index (κ1) is 11.5. The van der Waals surface area contributed by atoms with Crippen LogP contribution in [-0.2, 0) is 6.42 Å². The molecule has 2 aromatic carbocycles. The van der Waals surface area contributed by atoms with Gasteiger partial charge in [0.25, 0.3) is 0 Å². The first-order chi connectivity index (χ1) is 8.48. The van der Waals surface area contributed by atoms with Crippen LogP contribution in [0.15, 0.2) is 46.2 Å². The first-order valence-corrected chi connectivity index (χ1v) is 8.30. The maximum Gasteiger partial charge on any atom is 0.116 e. The zero-order valence-electron chi connectivity index (χ0n) is 10.5. The van der Waals surface area contributed by atoms with Gasteiger partial charge in [0.1, 0.15) is 11.5 Å². The van der Waals surface area contributed by atoms with Crippen molar-refractivity contribution in [2.24, 2.45) is 0 Å². The van der Waals surface area contributed by atoms with E-state index in [-0.39, 0.29) is 0 Å². The number of rotatable bonds is 0. The molecule has 18 heavy (non-hydrogen) atoms. The number of phenolic OH excluding ortho intramolecular Hbond substituents is 2. The van der Waals surface area contributed by atoms with Crippen molar-refractivity contribution in [3.05, 3.63) is 47.5 Å². The van der Waals surface area contributed by atoms with Crippen LogP contribution in [0.3, 0.4) is 0 Å². The third-order valence-electron chi connectivity index (χ3n) is 3.58. The second-order valence-corrected chi connectivity index (χ2v) is 8.62. The maximum absolute atomic E-state index is 9.69. The molecule has 0 aromatic heterocycles. The normalized spacial score (nSPS) is 17.7. The van der Waals surface area contributed by atoms with Crippen molar-refractivity contribution in [3.63, 3.8) is 0 Å². The Hall–Kier alpha value is -1.61. The van der Waals surface area contributed by atoms with Crippen LogP contribution in [0.5, 0.6) is 11.5 Å². The van der Waals surface area contributed by atoms with Crippen LogP contribution in [0.4, 0.5) is 0 Å². The lowest BCUT2D eigenvalue weighted by Crippen LogP contribution is -2.10. The molecule has 0 atom stereocenters. The number of hydrogen-bond donors (Lipinski definition) is 2.